The standard InChI is InChI=1S/C13H18F2N2O2S/c1-7-3-5-10(8(7)2)17-20(18,19)11-6-4-9(14)13(16)12(11)15/h4,6-8,10,17H,3,5,16H2,1-2H3. The number of nitrogens with two attached hydrogens (primary N) is 1. The lowest BCUT2D eigenvalue weighted by Crippen LogP contribution is -2.37. The minimum Gasteiger partial charge on any atom is -0.394 e. The molecule has 1 saturated carbocycles. The number of hydrogen-bond donors (Lipinski definition) is 2. The quantitative estimate of drug-likeness (QED) is 0.841. The van der Waals surface area contributed by atoms with E-state index in [4.69, 9.17) is 5.73 Å². The molecule has 0 saturated heterocycles. The second kappa shape index (κ2) is 5.29. The number of nitrogens with one attached hydrogen (secondary N) is 1. The van der Waals surface area contributed by atoms with Gasteiger partial charge in [0, 0.05) is 6.04 Å². The van der Waals surface area contributed by atoms with Crippen LogP contribution in [0.4, 0.5) is 14.5 Å². The molecule has 112 valence electrons. The van der Waals surface area contributed by atoms with Gasteiger partial charge >= 0.3 is 0 Å². The molecule has 20 heavy (non-hydrogen) atoms. The Hall–Kier alpha value is -1.21. The van der Waals surface area contributed by atoms with Crippen molar-refractivity contribution in [2.75, 3.05) is 5.73 Å². The van der Waals surface area contributed by atoms with Gasteiger partial charge in [-0.2, -0.15) is 0 Å². The van der Waals surface area contributed by atoms with Gasteiger partial charge in [0.1, 0.15) is 16.4 Å². The van der Waals surface area contributed by atoms with Gasteiger partial charge < -0.3 is 5.73 Å². The minimum absolute atomic E-state index is 0.172. The molecule has 0 radical (unpaired) electrons. The highest BCUT2D eigenvalue weighted by Gasteiger charge is 2.34. The van der Waals surface area contributed by atoms with Crippen LogP contribution in [-0.4, -0.2) is 14.5 Å². The van der Waals surface area contributed by atoms with Crippen molar-refractivity contribution in [2.24, 2.45) is 11.8 Å². The molecule has 0 spiro atoms. The Balaban J connectivity index is 2.30. The number of rotatable bonds is 3. The molecule has 0 bridgehead atoms. The molecule has 1 aromatic carbocycles. The lowest BCUT2D eigenvalue weighted by Gasteiger charge is -2.20. The van der Waals surface area contributed by atoms with Crippen LogP contribution in [0, 0.1) is 23.5 Å². The fourth-order valence-corrected chi connectivity index (χ4v) is 4.00. The molecule has 0 aliphatic heterocycles. The Morgan fingerprint density at radius 1 is 1.25 bits per heavy atom. The summed E-state index contributed by atoms with van der Waals surface area (Å²) in [7, 11) is -4.04. The Labute approximate surface area is 117 Å². The van der Waals surface area contributed by atoms with Crippen LogP contribution in [0.5, 0.6) is 0 Å². The van der Waals surface area contributed by atoms with Gasteiger partial charge in [0.05, 0.1) is 0 Å². The molecule has 0 aromatic heterocycles. The summed E-state index contributed by atoms with van der Waals surface area (Å²) in [6.07, 6.45) is 1.63. The third kappa shape index (κ3) is 2.64. The first-order valence-corrected chi connectivity index (χ1v) is 7.98. The largest absolute Gasteiger partial charge is 0.394 e. The zero-order chi connectivity index (χ0) is 15.1. The summed E-state index contributed by atoms with van der Waals surface area (Å²) in [6, 6.07) is 1.51. The Kier molecular flexibility index (Phi) is 4.02. The first kappa shape index (κ1) is 15.2. The molecule has 3 unspecified atom stereocenters. The number of nitrogen functional groups attached to an aromatic ring is 1. The fourth-order valence-electron chi connectivity index (χ4n) is 2.55. The van der Waals surface area contributed by atoms with Crippen molar-refractivity contribution >= 4 is 15.7 Å². The summed E-state index contributed by atoms with van der Waals surface area (Å²) < 4.78 is 53.8. The third-order valence-corrected chi connectivity index (χ3v) is 5.66. The van der Waals surface area contributed by atoms with E-state index >= 15 is 0 Å². The van der Waals surface area contributed by atoms with Gasteiger partial charge in [-0.05, 0) is 36.8 Å². The van der Waals surface area contributed by atoms with E-state index in [0.29, 0.717) is 12.3 Å². The maximum atomic E-state index is 13.8. The predicted octanol–water partition coefficient (Wildman–Crippen LogP) is 2.26. The van der Waals surface area contributed by atoms with Crippen molar-refractivity contribution in [1.29, 1.82) is 0 Å². The lowest BCUT2D eigenvalue weighted by atomic mass is 9.98. The van der Waals surface area contributed by atoms with Crippen LogP contribution in [0.1, 0.15) is 26.7 Å². The van der Waals surface area contributed by atoms with Gasteiger partial charge in [-0.1, -0.05) is 13.8 Å². The fraction of sp³-hybridized carbons (Fsp3) is 0.538. The average Bonchev–Trinajstić information content (AvgIpc) is 2.67. The van der Waals surface area contributed by atoms with Gasteiger partial charge in [0.25, 0.3) is 0 Å². The number of benzene rings is 1. The summed E-state index contributed by atoms with van der Waals surface area (Å²) in [5.41, 5.74) is 4.42. The second-order valence-electron chi connectivity index (χ2n) is 5.41. The number of hydrogen-bond acceptors (Lipinski definition) is 3. The van der Waals surface area contributed by atoms with Crippen LogP contribution in [0.2, 0.25) is 0 Å². The highest BCUT2D eigenvalue weighted by atomic mass is 32.2. The second-order valence-corrected chi connectivity index (χ2v) is 7.10. The molecule has 3 atom stereocenters. The van der Waals surface area contributed by atoms with E-state index < -0.39 is 32.2 Å². The average molecular weight is 304 g/mol. The molecule has 1 fully saturated rings. The van der Waals surface area contributed by atoms with Crippen molar-refractivity contribution in [3.8, 4) is 0 Å². The van der Waals surface area contributed by atoms with Crippen LogP contribution in [0.25, 0.3) is 0 Å². The van der Waals surface area contributed by atoms with E-state index in [-0.39, 0.29) is 12.0 Å². The number of sulfonamides is 1. The van der Waals surface area contributed by atoms with E-state index in [0.717, 1.165) is 18.6 Å². The first-order valence-electron chi connectivity index (χ1n) is 6.50. The maximum absolute atomic E-state index is 13.8. The summed E-state index contributed by atoms with van der Waals surface area (Å²) in [5.74, 6) is -1.63. The molecule has 0 amide bonds. The van der Waals surface area contributed by atoms with Crippen LogP contribution in [-0.2, 0) is 10.0 Å². The molecular weight excluding hydrogens is 286 g/mol. The molecule has 3 N–H and O–H groups in total. The Morgan fingerprint density at radius 3 is 2.45 bits per heavy atom. The minimum atomic E-state index is -4.04. The highest BCUT2D eigenvalue weighted by molar-refractivity contribution is 7.89. The topological polar surface area (TPSA) is 72.2 Å². The van der Waals surface area contributed by atoms with Crippen molar-refractivity contribution in [3.63, 3.8) is 0 Å². The van der Waals surface area contributed by atoms with Gasteiger partial charge in [0.2, 0.25) is 10.0 Å². The van der Waals surface area contributed by atoms with Crippen LogP contribution in [0.15, 0.2) is 17.0 Å². The van der Waals surface area contributed by atoms with E-state index in [1.54, 1.807) is 0 Å². The molecule has 4 nitrogen and oxygen atoms in total. The number of anilines is 1. The zero-order valence-electron chi connectivity index (χ0n) is 11.4. The number of halogens is 2. The summed E-state index contributed by atoms with van der Waals surface area (Å²) >= 11 is 0. The van der Waals surface area contributed by atoms with Gasteiger partial charge in [0.15, 0.2) is 5.82 Å². The van der Waals surface area contributed by atoms with Gasteiger partial charge in [-0.3, -0.25) is 0 Å². The van der Waals surface area contributed by atoms with Gasteiger partial charge in [-0.25, -0.2) is 21.9 Å². The van der Waals surface area contributed by atoms with Crippen molar-refractivity contribution < 1.29 is 17.2 Å². The molecular formula is C13H18F2N2O2S. The van der Waals surface area contributed by atoms with Crippen molar-refractivity contribution in [1.82, 2.24) is 4.72 Å². The predicted molar refractivity (Wildman–Crippen MR) is 72.4 cm³/mol. The Bertz CT molecular complexity index is 619. The third-order valence-electron chi connectivity index (χ3n) is 4.15. The molecule has 7 heteroatoms. The van der Waals surface area contributed by atoms with Crippen LogP contribution < -0.4 is 10.5 Å². The van der Waals surface area contributed by atoms with Crippen LogP contribution in [0.3, 0.4) is 0 Å². The van der Waals surface area contributed by atoms with E-state index in [9.17, 15) is 17.2 Å². The van der Waals surface area contributed by atoms with E-state index in [2.05, 4.69) is 11.6 Å². The molecule has 1 aliphatic carbocycles. The lowest BCUT2D eigenvalue weighted by molar-refractivity contribution is 0.401. The molecule has 1 aromatic rings. The SMILES string of the molecule is CC1CCC(NS(=O)(=O)c2ccc(F)c(N)c2F)C1C. The molecule has 1 aliphatic rings. The van der Waals surface area contributed by atoms with Crippen LogP contribution >= 0.6 is 0 Å². The smallest absolute Gasteiger partial charge is 0.243 e. The van der Waals surface area contributed by atoms with Crippen molar-refractivity contribution in [2.45, 2.75) is 37.6 Å². The zero-order valence-corrected chi connectivity index (χ0v) is 12.2. The normalized spacial score (nSPS) is 26.9. The summed E-state index contributed by atoms with van der Waals surface area (Å²) in [4.78, 5) is -0.608. The monoisotopic (exact) mass is 304 g/mol. The van der Waals surface area contributed by atoms with Crippen molar-refractivity contribution in [3.05, 3.63) is 23.8 Å². The first-order chi connectivity index (χ1) is 9.24. The van der Waals surface area contributed by atoms with Gasteiger partial charge in [-0.15, -0.1) is 0 Å². The maximum Gasteiger partial charge on any atom is 0.243 e. The molecule has 0 heterocycles. The van der Waals surface area contributed by atoms with E-state index in [1.165, 1.54) is 0 Å². The highest BCUT2D eigenvalue weighted by Crippen LogP contribution is 2.32. The Morgan fingerprint density at radius 2 is 1.90 bits per heavy atom. The van der Waals surface area contributed by atoms with E-state index in [1.807, 2.05) is 6.92 Å². The molecule has 2 rings (SSSR count). The summed E-state index contributed by atoms with van der Waals surface area (Å²) in [6.45, 7) is 4.01. The summed E-state index contributed by atoms with van der Waals surface area (Å²) in [5, 5.41) is 0.